The highest BCUT2D eigenvalue weighted by molar-refractivity contribution is 7.16. The number of carbonyl (C=O) groups is 3. The summed E-state index contributed by atoms with van der Waals surface area (Å²) in [5.74, 6) is -1.35. The van der Waals surface area contributed by atoms with E-state index in [1.54, 1.807) is 35.8 Å². The number of nitrogens with zero attached hydrogens (tertiary/aromatic N) is 2. The fraction of sp³-hybridized carbons (Fsp3) is 0.200. The first kappa shape index (κ1) is 20.7. The van der Waals surface area contributed by atoms with Gasteiger partial charge in [0.15, 0.2) is 4.80 Å². The van der Waals surface area contributed by atoms with E-state index in [-0.39, 0.29) is 13.2 Å². The fourth-order valence-electron chi connectivity index (χ4n) is 2.56. The van der Waals surface area contributed by atoms with E-state index in [0.29, 0.717) is 20.6 Å². The van der Waals surface area contributed by atoms with Crippen LogP contribution in [0.2, 0.25) is 0 Å². The third-order valence-electron chi connectivity index (χ3n) is 3.84. The van der Waals surface area contributed by atoms with Crippen molar-refractivity contribution >= 4 is 56.8 Å². The Balaban J connectivity index is 2.03. The molecule has 7 nitrogen and oxygen atoms in total. The number of hydrogen-bond donors (Lipinski definition) is 0. The zero-order valence-electron chi connectivity index (χ0n) is 15.8. The average Bonchev–Trinajstić information content (AvgIpc) is 3.34. The Morgan fingerprint density at radius 2 is 2.07 bits per heavy atom. The molecule has 9 heteroatoms. The lowest BCUT2D eigenvalue weighted by atomic mass is 10.2. The number of fused-ring (bicyclic) bond motifs is 1. The molecule has 150 valence electrons. The summed E-state index contributed by atoms with van der Waals surface area (Å²) in [5, 5.41) is 1.92. The van der Waals surface area contributed by atoms with Gasteiger partial charge < -0.3 is 14.0 Å². The Morgan fingerprint density at radius 1 is 1.24 bits per heavy atom. The summed E-state index contributed by atoms with van der Waals surface area (Å²) in [6.45, 7) is 1.89. The molecule has 0 fully saturated rings. The number of hydrogen-bond acceptors (Lipinski definition) is 7. The Labute approximate surface area is 174 Å². The highest BCUT2D eigenvalue weighted by Crippen LogP contribution is 2.20. The van der Waals surface area contributed by atoms with Crippen LogP contribution in [0.15, 0.2) is 46.8 Å². The van der Waals surface area contributed by atoms with Crippen LogP contribution in [0.4, 0.5) is 0 Å². The number of thiazole rings is 1. The third-order valence-corrected chi connectivity index (χ3v) is 5.71. The predicted octanol–water partition coefficient (Wildman–Crippen LogP) is 3.25. The van der Waals surface area contributed by atoms with Crippen LogP contribution in [-0.4, -0.2) is 36.1 Å². The first-order chi connectivity index (χ1) is 14.0. The minimum atomic E-state index is -0.467. The molecule has 1 amide bonds. The van der Waals surface area contributed by atoms with E-state index < -0.39 is 17.8 Å². The second kappa shape index (κ2) is 9.44. The van der Waals surface area contributed by atoms with Crippen molar-refractivity contribution in [2.45, 2.75) is 13.5 Å². The smallest absolute Gasteiger partial charge is 0.337 e. The Kier molecular flexibility index (Phi) is 6.73. The average molecular weight is 431 g/mol. The maximum Gasteiger partial charge on any atom is 0.337 e. The second-order valence-corrected chi connectivity index (χ2v) is 7.74. The normalized spacial score (nSPS) is 11.9. The molecule has 3 rings (SSSR count). The Morgan fingerprint density at radius 3 is 2.76 bits per heavy atom. The molecule has 0 aliphatic heterocycles. The van der Waals surface area contributed by atoms with Crippen LogP contribution in [0.3, 0.4) is 0 Å². The molecule has 0 aliphatic carbocycles. The molecule has 0 N–H and O–H groups in total. The number of benzene rings is 1. The molecule has 0 spiro atoms. The zero-order chi connectivity index (χ0) is 20.8. The van der Waals surface area contributed by atoms with Gasteiger partial charge in [0.2, 0.25) is 0 Å². The number of methoxy groups -OCH3 is 1. The van der Waals surface area contributed by atoms with E-state index in [1.807, 2.05) is 17.5 Å². The number of rotatable bonds is 6. The summed E-state index contributed by atoms with van der Waals surface area (Å²) in [6.07, 6.45) is 3.07. The number of amides is 1. The summed E-state index contributed by atoms with van der Waals surface area (Å²) >= 11 is 2.72. The minimum Gasteiger partial charge on any atom is -0.465 e. The molecule has 29 heavy (non-hydrogen) atoms. The monoisotopic (exact) mass is 430 g/mol. The maximum absolute atomic E-state index is 12.3. The van der Waals surface area contributed by atoms with Crippen LogP contribution in [0, 0.1) is 0 Å². The summed E-state index contributed by atoms with van der Waals surface area (Å²) in [5.41, 5.74) is 1.05. The molecule has 0 saturated carbocycles. The highest BCUT2D eigenvalue weighted by atomic mass is 32.1. The summed E-state index contributed by atoms with van der Waals surface area (Å²) < 4.78 is 12.1. The first-order valence-corrected chi connectivity index (χ1v) is 10.4. The van der Waals surface area contributed by atoms with Gasteiger partial charge in [-0.15, -0.1) is 11.3 Å². The van der Waals surface area contributed by atoms with Crippen LogP contribution >= 0.6 is 22.7 Å². The third kappa shape index (κ3) is 5.07. The van der Waals surface area contributed by atoms with Crippen molar-refractivity contribution in [1.29, 1.82) is 0 Å². The van der Waals surface area contributed by atoms with Crippen molar-refractivity contribution < 1.29 is 23.9 Å². The van der Waals surface area contributed by atoms with Crippen LogP contribution in [0.1, 0.15) is 22.2 Å². The lowest BCUT2D eigenvalue weighted by Crippen LogP contribution is -2.22. The van der Waals surface area contributed by atoms with Crippen molar-refractivity contribution in [3.63, 3.8) is 0 Å². The van der Waals surface area contributed by atoms with Crippen LogP contribution in [0.5, 0.6) is 0 Å². The topological polar surface area (TPSA) is 87.0 Å². The molecule has 0 radical (unpaired) electrons. The second-order valence-electron chi connectivity index (χ2n) is 5.75. The molecular formula is C20H18N2O5S2. The lowest BCUT2D eigenvalue weighted by Gasteiger charge is -2.05. The van der Waals surface area contributed by atoms with Crippen molar-refractivity contribution in [2.75, 3.05) is 13.7 Å². The van der Waals surface area contributed by atoms with Crippen molar-refractivity contribution in [1.82, 2.24) is 4.57 Å². The largest absolute Gasteiger partial charge is 0.465 e. The standard InChI is InChI=1S/C20H18N2O5S2/c1-3-27-18(24)12-22-15-8-6-13(19(25)26-2)11-16(15)29-20(22)21-17(23)9-7-14-5-4-10-28-14/h4-11H,3,12H2,1-2H3/b9-7+,21-20?. The summed E-state index contributed by atoms with van der Waals surface area (Å²) in [4.78, 5) is 41.6. The molecule has 0 saturated heterocycles. The van der Waals surface area contributed by atoms with Gasteiger partial charge in [0.05, 0.1) is 29.5 Å². The SMILES string of the molecule is CCOC(=O)Cn1c(=NC(=O)/C=C/c2cccs2)sc2cc(C(=O)OC)ccc21. The zero-order valence-corrected chi connectivity index (χ0v) is 17.4. The van der Waals surface area contributed by atoms with E-state index in [1.165, 1.54) is 35.9 Å². The fourth-order valence-corrected chi connectivity index (χ4v) is 4.26. The maximum atomic E-state index is 12.3. The molecule has 2 aromatic heterocycles. The van der Waals surface area contributed by atoms with E-state index in [0.717, 1.165) is 4.88 Å². The van der Waals surface area contributed by atoms with Gasteiger partial charge >= 0.3 is 11.9 Å². The Hall–Kier alpha value is -3.04. The highest BCUT2D eigenvalue weighted by Gasteiger charge is 2.14. The van der Waals surface area contributed by atoms with Gasteiger partial charge in [0.1, 0.15) is 6.54 Å². The lowest BCUT2D eigenvalue weighted by molar-refractivity contribution is -0.143. The van der Waals surface area contributed by atoms with Gasteiger partial charge in [-0.3, -0.25) is 9.59 Å². The molecule has 1 aromatic carbocycles. The molecular weight excluding hydrogens is 412 g/mol. The summed E-state index contributed by atoms with van der Waals surface area (Å²) in [7, 11) is 1.31. The number of aromatic nitrogens is 1. The van der Waals surface area contributed by atoms with Crippen molar-refractivity contribution in [3.8, 4) is 0 Å². The van der Waals surface area contributed by atoms with Crippen molar-refractivity contribution in [3.05, 3.63) is 57.0 Å². The van der Waals surface area contributed by atoms with Gasteiger partial charge in [-0.05, 0) is 42.6 Å². The van der Waals surface area contributed by atoms with Crippen molar-refractivity contribution in [2.24, 2.45) is 4.99 Å². The van der Waals surface area contributed by atoms with E-state index >= 15 is 0 Å². The van der Waals surface area contributed by atoms with Crippen LogP contribution in [0.25, 0.3) is 16.3 Å². The van der Waals surface area contributed by atoms with Gasteiger partial charge in [-0.2, -0.15) is 4.99 Å². The van der Waals surface area contributed by atoms with Gasteiger partial charge in [0.25, 0.3) is 5.91 Å². The molecule has 0 bridgehead atoms. The van der Waals surface area contributed by atoms with E-state index in [9.17, 15) is 14.4 Å². The molecule has 0 unspecified atom stereocenters. The molecule has 0 aliphatic rings. The molecule has 3 aromatic rings. The number of carbonyl (C=O) groups excluding carboxylic acids is 3. The predicted molar refractivity (Wildman–Crippen MR) is 112 cm³/mol. The van der Waals surface area contributed by atoms with Gasteiger partial charge in [0, 0.05) is 11.0 Å². The Bertz CT molecular complexity index is 1140. The number of esters is 2. The quantitative estimate of drug-likeness (QED) is 0.443. The number of ether oxygens (including phenoxy) is 2. The van der Waals surface area contributed by atoms with E-state index in [2.05, 4.69) is 4.99 Å². The molecule has 0 atom stereocenters. The molecule has 2 heterocycles. The van der Waals surface area contributed by atoms with Gasteiger partial charge in [-0.1, -0.05) is 17.4 Å². The van der Waals surface area contributed by atoms with Crippen LogP contribution < -0.4 is 4.80 Å². The minimum absolute atomic E-state index is 0.0911. The van der Waals surface area contributed by atoms with Crippen LogP contribution in [-0.2, 0) is 25.6 Å². The first-order valence-electron chi connectivity index (χ1n) is 8.69. The number of thiophene rings is 1. The summed E-state index contributed by atoms with van der Waals surface area (Å²) in [6, 6.07) is 8.74. The van der Waals surface area contributed by atoms with Gasteiger partial charge in [-0.25, -0.2) is 4.79 Å². The van der Waals surface area contributed by atoms with E-state index in [4.69, 9.17) is 9.47 Å².